The fourth-order valence-electron chi connectivity index (χ4n) is 3.41. The maximum absolute atomic E-state index is 12.7. The molecule has 0 unspecified atom stereocenters. The Hall–Kier alpha value is -3.15. The minimum absolute atomic E-state index is 0.0474. The van der Waals surface area contributed by atoms with Crippen LogP contribution < -0.4 is 5.32 Å². The van der Waals surface area contributed by atoms with Gasteiger partial charge in [0.2, 0.25) is 0 Å². The lowest BCUT2D eigenvalue weighted by Gasteiger charge is -2.21. The van der Waals surface area contributed by atoms with Gasteiger partial charge in [0.25, 0.3) is 11.8 Å². The van der Waals surface area contributed by atoms with E-state index in [-0.39, 0.29) is 18.4 Å². The van der Waals surface area contributed by atoms with Crippen LogP contribution in [0.2, 0.25) is 0 Å². The van der Waals surface area contributed by atoms with E-state index >= 15 is 0 Å². The Kier molecular flexibility index (Phi) is 9.25. The molecule has 0 spiro atoms. The van der Waals surface area contributed by atoms with Crippen LogP contribution in [0, 0.1) is 5.92 Å². The van der Waals surface area contributed by atoms with Gasteiger partial charge in [0.1, 0.15) is 0 Å². The van der Waals surface area contributed by atoms with Crippen LogP contribution in [0.25, 0.3) is 0 Å². The zero-order valence-electron chi connectivity index (χ0n) is 18.8. The zero-order chi connectivity index (χ0) is 22.8. The quantitative estimate of drug-likeness (QED) is 0.571. The fourth-order valence-corrected chi connectivity index (χ4v) is 3.41. The Morgan fingerprint density at radius 2 is 1.55 bits per heavy atom. The molecule has 0 aliphatic rings. The summed E-state index contributed by atoms with van der Waals surface area (Å²) in [5.41, 5.74) is 1.99. The number of carbonyl (C=O) groups excluding carboxylic acids is 3. The Bertz CT molecular complexity index is 861. The first-order valence-electron chi connectivity index (χ1n) is 10.8. The summed E-state index contributed by atoms with van der Waals surface area (Å²) in [5.74, 6) is -1.20. The molecule has 2 amide bonds. The summed E-state index contributed by atoms with van der Waals surface area (Å²) in [6.07, 6.45) is 0.819. The van der Waals surface area contributed by atoms with Gasteiger partial charge in [-0.25, -0.2) is 0 Å². The zero-order valence-corrected chi connectivity index (χ0v) is 18.8. The van der Waals surface area contributed by atoms with Crippen molar-refractivity contribution >= 4 is 23.5 Å². The number of ether oxygens (including phenoxy) is 1. The number of benzene rings is 2. The molecule has 2 atom stereocenters. The van der Waals surface area contributed by atoms with Gasteiger partial charge in [-0.05, 0) is 49.6 Å². The van der Waals surface area contributed by atoms with Crippen LogP contribution in [-0.4, -0.2) is 42.4 Å². The van der Waals surface area contributed by atoms with E-state index in [0.29, 0.717) is 24.3 Å². The van der Waals surface area contributed by atoms with Gasteiger partial charge in [0.15, 0.2) is 6.61 Å². The number of anilines is 1. The maximum Gasteiger partial charge on any atom is 0.314 e. The number of hydrogen-bond acceptors (Lipinski definition) is 4. The second kappa shape index (κ2) is 11.9. The highest BCUT2D eigenvalue weighted by atomic mass is 16.5. The van der Waals surface area contributed by atoms with E-state index in [1.54, 1.807) is 29.2 Å². The third-order valence-corrected chi connectivity index (χ3v) is 5.44. The number of rotatable bonds is 10. The summed E-state index contributed by atoms with van der Waals surface area (Å²) in [7, 11) is 0. The third kappa shape index (κ3) is 6.67. The van der Waals surface area contributed by atoms with Gasteiger partial charge in [-0.2, -0.15) is 0 Å². The fraction of sp³-hybridized carbons (Fsp3) is 0.400. The molecule has 2 aromatic carbocycles. The SMILES string of the molecule is CC[C@@H](C)[C@@H](C(=O)OCC(=O)Nc1ccc(C(=O)N(CC)CC)cc1)c1ccccc1. The van der Waals surface area contributed by atoms with Gasteiger partial charge in [0.05, 0.1) is 5.92 Å². The average molecular weight is 425 g/mol. The molecule has 2 rings (SSSR count). The minimum atomic E-state index is -0.424. The second-order valence-corrected chi connectivity index (χ2v) is 7.48. The number of nitrogens with zero attached hydrogens (tertiary/aromatic N) is 1. The van der Waals surface area contributed by atoms with E-state index in [2.05, 4.69) is 5.32 Å². The van der Waals surface area contributed by atoms with Crippen LogP contribution in [0.3, 0.4) is 0 Å². The van der Waals surface area contributed by atoms with Crippen LogP contribution in [-0.2, 0) is 14.3 Å². The summed E-state index contributed by atoms with van der Waals surface area (Å²) in [5, 5.41) is 2.70. The van der Waals surface area contributed by atoms with Crippen LogP contribution in [0.15, 0.2) is 54.6 Å². The lowest BCUT2D eigenvalue weighted by atomic mass is 9.86. The molecule has 0 aromatic heterocycles. The number of hydrogen-bond donors (Lipinski definition) is 1. The molecule has 0 saturated heterocycles. The summed E-state index contributed by atoms with van der Waals surface area (Å²) in [4.78, 5) is 39.1. The number of esters is 1. The van der Waals surface area contributed by atoms with E-state index in [1.807, 2.05) is 58.0 Å². The monoisotopic (exact) mass is 424 g/mol. The molecule has 6 nitrogen and oxygen atoms in total. The van der Waals surface area contributed by atoms with Gasteiger partial charge < -0.3 is 15.0 Å². The van der Waals surface area contributed by atoms with Crippen molar-refractivity contribution in [3.05, 3.63) is 65.7 Å². The van der Waals surface area contributed by atoms with E-state index in [1.165, 1.54) is 0 Å². The summed E-state index contributed by atoms with van der Waals surface area (Å²) >= 11 is 0. The second-order valence-electron chi connectivity index (χ2n) is 7.48. The Balaban J connectivity index is 1.95. The number of amides is 2. The van der Waals surface area contributed by atoms with Crippen LogP contribution in [0.1, 0.15) is 56.0 Å². The summed E-state index contributed by atoms with van der Waals surface area (Å²) in [6.45, 7) is 8.80. The van der Waals surface area contributed by atoms with Crippen molar-refractivity contribution < 1.29 is 19.1 Å². The van der Waals surface area contributed by atoms with Crippen molar-refractivity contribution in [2.24, 2.45) is 5.92 Å². The first kappa shape index (κ1) is 24.1. The van der Waals surface area contributed by atoms with Crippen molar-refractivity contribution in [3.63, 3.8) is 0 Å². The molecule has 6 heteroatoms. The van der Waals surface area contributed by atoms with Gasteiger partial charge in [0, 0.05) is 24.3 Å². The predicted molar refractivity (Wildman–Crippen MR) is 122 cm³/mol. The number of nitrogens with one attached hydrogen (secondary N) is 1. The first-order chi connectivity index (χ1) is 14.9. The van der Waals surface area contributed by atoms with Gasteiger partial charge in [-0.3, -0.25) is 14.4 Å². The highest BCUT2D eigenvalue weighted by Gasteiger charge is 2.27. The van der Waals surface area contributed by atoms with Crippen molar-refractivity contribution in [1.82, 2.24) is 4.90 Å². The molecule has 0 bridgehead atoms. The molecule has 0 saturated carbocycles. The molecule has 166 valence electrons. The summed E-state index contributed by atoms with van der Waals surface area (Å²) in [6, 6.07) is 16.2. The van der Waals surface area contributed by atoms with Crippen LogP contribution >= 0.6 is 0 Å². The Labute approximate surface area is 184 Å². The van der Waals surface area contributed by atoms with Crippen LogP contribution in [0.4, 0.5) is 5.69 Å². The molecule has 1 N–H and O–H groups in total. The highest BCUT2D eigenvalue weighted by Crippen LogP contribution is 2.28. The third-order valence-electron chi connectivity index (χ3n) is 5.44. The van der Waals surface area contributed by atoms with Crippen molar-refractivity contribution in [2.45, 2.75) is 40.0 Å². The van der Waals surface area contributed by atoms with Gasteiger partial charge in [-0.15, -0.1) is 0 Å². The molecule has 31 heavy (non-hydrogen) atoms. The Morgan fingerprint density at radius 1 is 0.935 bits per heavy atom. The standard InChI is InChI=1S/C25H32N2O4/c1-5-18(4)23(19-11-9-8-10-12-19)25(30)31-17-22(28)26-21-15-13-20(14-16-21)24(29)27(6-2)7-3/h8-16,18,23H,5-7,17H2,1-4H3,(H,26,28)/t18-,23-/m1/s1. The first-order valence-corrected chi connectivity index (χ1v) is 10.8. The predicted octanol–water partition coefficient (Wildman–Crippen LogP) is 4.48. The van der Waals surface area contributed by atoms with E-state index < -0.39 is 17.8 Å². The largest absolute Gasteiger partial charge is 0.455 e. The topological polar surface area (TPSA) is 75.7 Å². The van der Waals surface area contributed by atoms with Gasteiger partial charge >= 0.3 is 5.97 Å². The molecule has 2 aromatic rings. The molecule has 0 heterocycles. The number of carbonyl (C=O) groups is 3. The molecule has 0 aliphatic carbocycles. The average Bonchev–Trinajstić information content (AvgIpc) is 2.79. The maximum atomic E-state index is 12.7. The van der Waals surface area contributed by atoms with E-state index in [4.69, 9.17) is 4.74 Å². The van der Waals surface area contributed by atoms with E-state index in [9.17, 15) is 14.4 Å². The van der Waals surface area contributed by atoms with E-state index in [0.717, 1.165) is 12.0 Å². The lowest BCUT2D eigenvalue weighted by molar-refractivity contribution is -0.150. The van der Waals surface area contributed by atoms with Crippen LogP contribution in [0.5, 0.6) is 0 Å². The summed E-state index contributed by atoms with van der Waals surface area (Å²) < 4.78 is 5.33. The molecule has 0 radical (unpaired) electrons. The van der Waals surface area contributed by atoms with Crippen molar-refractivity contribution in [1.29, 1.82) is 0 Å². The smallest absolute Gasteiger partial charge is 0.314 e. The molecule has 0 aliphatic heterocycles. The molecule has 0 fully saturated rings. The van der Waals surface area contributed by atoms with Gasteiger partial charge in [-0.1, -0.05) is 50.6 Å². The molecular formula is C25H32N2O4. The van der Waals surface area contributed by atoms with Crippen molar-refractivity contribution in [2.75, 3.05) is 25.0 Å². The lowest BCUT2D eigenvalue weighted by Crippen LogP contribution is -2.30. The Morgan fingerprint density at radius 3 is 2.10 bits per heavy atom. The molecular weight excluding hydrogens is 392 g/mol. The minimum Gasteiger partial charge on any atom is -0.455 e. The van der Waals surface area contributed by atoms with Crippen molar-refractivity contribution in [3.8, 4) is 0 Å². The normalized spacial score (nSPS) is 12.5. The highest BCUT2D eigenvalue weighted by molar-refractivity contribution is 5.96.